The minimum Gasteiger partial charge on any atom is -0.319 e. The molecule has 0 aliphatic heterocycles. The Morgan fingerprint density at radius 1 is 0.773 bits per heavy atom. The molecular weight excluding hydrogens is 537 g/mol. The van der Waals surface area contributed by atoms with Crippen molar-refractivity contribution >= 4 is 0 Å². The average Bonchev–Trinajstić information content (AvgIpc) is 3.01. The molecule has 0 radical (unpaired) electrons. The predicted octanol–water partition coefficient (Wildman–Crippen LogP) is 15.3. The van der Waals surface area contributed by atoms with Crippen LogP contribution >= 0.6 is 0 Å². The van der Waals surface area contributed by atoms with E-state index in [1.165, 1.54) is 56.2 Å². The Bertz CT molecular complexity index is 491. The summed E-state index contributed by atoms with van der Waals surface area (Å²) in [5.41, 5.74) is 2.87. The highest BCUT2D eigenvalue weighted by molar-refractivity contribution is 5.23. The first-order chi connectivity index (χ1) is 20.8. The fraction of sp³-hybridized carbons (Fsp3) is 0.762. The van der Waals surface area contributed by atoms with Gasteiger partial charge in [0.15, 0.2) is 0 Å². The first-order valence-electron chi connectivity index (χ1n) is 18.0. The van der Waals surface area contributed by atoms with Gasteiger partial charge in [-0.2, -0.15) is 0 Å². The second kappa shape index (κ2) is 73.1. The summed E-state index contributed by atoms with van der Waals surface area (Å²) < 4.78 is 11.7. The summed E-state index contributed by atoms with van der Waals surface area (Å²) in [5.74, 6) is 2.23. The van der Waals surface area contributed by atoms with E-state index in [-0.39, 0.29) is 0 Å². The van der Waals surface area contributed by atoms with E-state index in [0.29, 0.717) is 18.3 Å². The molecule has 2 unspecified atom stereocenters. The van der Waals surface area contributed by atoms with Crippen molar-refractivity contribution < 1.29 is 4.39 Å². The van der Waals surface area contributed by atoms with Crippen molar-refractivity contribution in [2.24, 2.45) is 17.8 Å². The van der Waals surface area contributed by atoms with Gasteiger partial charge in [0.25, 0.3) is 0 Å². The summed E-state index contributed by atoms with van der Waals surface area (Å²) in [7, 11) is 2.05. The molecule has 0 aliphatic rings. The van der Waals surface area contributed by atoms with Crippen LogP contribution < -0.4 is 5.32 Å². The summed E-state index contributed by atoms with van der Waals surface area (Å²) in [4.78, 5) is 0. The van der Waals surface area contributed by atoms with E-state index in [1.807, 2.05) is 53.7 Å². The molecule has 1 N–H and O–H groups in total. The third kappa shape index (κ3) is 97.2. The van der Waals surface area contributed by atoms with E-state index in [2.05, 4.69) is 114 Å². The van der Waals surface area contributed by atoms with E-state index in [9.17, 15) is 4.39 Å². The molecule has 0 aliphatic carbocycles. The Balaban J connectivity index is -0.0000000485. The van der Waals surface area contributed by atoms with Crippen LogP contribution in [-0.2, 0) is 0 Å². The maximum Gasteiger partial charge on any atom is 0.0973 e. The van der Waals surface area contributed by atoms with Gasteiger partial charge in [-0.15, -0.1) is 26.0 Å². The molecule has 0 rings (SSSR count). The average molecular weight is 628 g/mol. The molecule has 0 saturated heterocycles. The Morgan fingerprint density at radius 2 is 1.14 bits per heavy atom. The van der Waals surface area contributed by atoms with E-state index in [4.69, 9.17) is 0 Å². The minimum absolute atomic E-state index is 0.602. The fourth-order valence-corrected chi connectivity index (χ4v) is 2.89. The van der Waals surface area contributed by atoms with Gasteiger partial charge in [0.05, 0.1) is 6.17 Å². The summed E-state index contributed by atoms with van der Waals surface area (Å²) in [6.45, 7) is 47.1. The molecule has 0 heterocycles. The summed E-state index contributed by atoms with van der Waals surface area (Å²) in [6.07, 6.45) is 23.9. The molecule has 0 amide bonds. The number of alkyl halides is 1. The van der Waals surface area contributed by atoms with Gasteiger partial charge in [-0.05, 0) is 83.4 Å². The molecule has 0 aromatic carbocycles. The highest BCUT2D eigenvalue weighted by Gasteiger charge is 2.04. The zero-order valence-electron chi connectivity index (χ0n) is 34.3. The van der Waals surface area contributed by atoms with E-state index >= 15 is 0 Å². The van der Waals surface area contributed by atoms with Crippen molar-refractivity contribution in [3.05, 3.63) is 49.1 Å². The Hall–Kier alpha value is -1.59. The summed E-state index contributed by atoms with van der Waals surface area (Å²) >= 11 is 0. The van der Waals surface area contributed by atoms with Crippen LogP contribution in [0.15, 0.2) is 49.1 Å². The maximum absolute atomic E-state index is 11.7. The van der Waals surface area contributed by atoms with Crippen molar-refractivity contribution in [3.63, 3.8) is 0 Å². The molecule has 270 valence electrons. The zero-order chi connectivity index (χ0) is 37.4. The van der Waals surface area contributed by atoms with E-state index < -0.39 is 6.17 Å². The number of halogens is 1. The standard InChI is InChI=1S/C10H23N.C10H18.C5H11F.C5H10.C3H8.C3H6.2C2H6.C2H2/c1-4-6-8-10(7-5-2)9-11-3;1-6-10(7-2)9(5)8(3)4;1-3-4-5(2)6;1-4-5(2)3;2*1-3-2;3*1-2/h10-11H,4-9H2,1-3H3;6,8H,1,7H2,2-5H3;5H,3-4H2,1-2H3;4-5H,1H2,2-3H3;3H2,1-2H3;3H,1H2,2H3;2*1-2H3;1-2H/b;10-9+;;;;;;;. The first-order valence-corrected chi connectivity index (χ1v) is 18.0. The van der Waals surface area contributed by atoms with Gasteiger partial charge in [0.2, 0.25) is 0 Å². The van der Waals surface area contributed by atoms with Crippen molar-refractivity contribution in [3.8, 4) is 12.8 Å². The lowest BCUT2D eigenvalue weighted by Gasteiger charge is -2.14. The van der Waals surface area contributed by atoms with Crippen molar-refractivity contribution in [1.82, 2.24) is 5.32 Å². The van der Waals surface area contributed by atoms with Gasteiger partial charge in [-0.1, -0.05) is 159 Å². The van der Waals surface area contributed by atoms with Crippen LogP contribution in [0.3, 0.4) is 0 Å². The number of rotatable bonds is 13. The van der Waals surface area contributed by atoms with Crippen molar-refractivity contribution in [2.75, 3.05) is 13.6 Å². The van der Waals surface area contributed by atoms with Gasteiger partial charge >= 0.3 is 0 Å². The van der Waals surface area contributed by atoms with Gasteiger partial charge in [0.1, 0.15) is 0 Å². The maximum atomic E-state index is 11.7. The van der Waals surface area contributed by atoms with Gasteiger partial charge < -0.3 is 5.32 Å². The zero-order valence-corrected chi connectivity index (χ0v) is 34.3. The first kappa shape index (κ1) is 65.2. The normalized spacial score (nSPS) is 10.3. The molecule has 0 fully saturated rings. The minimum atomic E-state index is -0.602. The molecule has 2 heteroatoms. The molecule has 44 heavy (non-hydrogen) atoms. The summed E-state index contributed by atoms with van der Waals surface area (Å²) in [5, 5.41) is 3.26. The second-order valence-electron chi connectivity index (χ2n) is 10.4. The van der Waals surface area contributed by atoms with Crippen LogP contribution in [-0.4, -0.2) is 19.8 Å². The molecule has 1 nitrogen and oxygen atoms in total. The molecule has 0 spiro atoms. The molecular formula is C42H90FN. The molecule has 0 bridgehead atoms. The third-order valence-corrected chi connectivity index (χ3v) is 5.31. The fourth-order valence-electron chi connectivity index (χ4n) is 2.89. The van der Waals surface area contributed by atoms with Crippen LogP contribution in [0.25, 0.3) is 0 Å². The largest absolute Gasteiger partial charge is 0.319 e. The number of hydrogen-bond donors (Lipinski definition) is 1. The van der Waals surface area contributed by atoms with Crippen LogP contribution in [0, 0.1) is 30.6 Å². The van der Waals surface area contributed by atoms with Crippen LogP contribution in [0.1, 0.15) is 175 Å². The van der Waals surface area contributed by atoms with E-state index in [0.717, 1.165) is 18.8 Å². The van der Waals surface area contributed by atoms with E-state index in [1.54, 1.807) is 13.0 Å². The third-order valence-electron chi connectivity index (χ3n) is 5.31. The second-order valence-corrected chi connectivity index (χ2v) is 10.4. The number of unbranched alkanes of at least 4 members (excludes halogenated alkanes) is 1. The number of hydrogen-bond acceptors (Lipinski definition) is 1. The van der Waals surface area contributed by atoms with Crippen molar-refractivity contribution in [1.29, 1.82) is 0 Å². The lowest BCUT2D eigenvalue weighted by atomic mass is 9.97. The Morgan fingerprint density at radius 3 is 1.27 bits per heavy atom. The van der Waals surface area contributed by atoms with Crippen LogP contribution in [0.5, 0.6) is 0 Å². The predicted molar refractivity (Wildman–Crippen MR) is 215 cm³/mol. The lowest BCUT2D eigenvalue weighted by molar-refractivity contribution is 0.339. The highest BCUT2D eigenvalue weighted by atomic mass is 19.1. The molecule has 0 aromatic rings. The molecule has 0 aromatic heterocycles. The van der Waals surface area contributed by atoms with Crippen LogP contribution in [0.4, 0.5) is 4.39 Å². The summed E-state index contributed by atoms with van der Waals surface area (Å²) in [6, 6.07) is 0. The topological polar surface area (TPSA) is 12.0 Å². The molecule has 2 atom stereocenters. The SMILES string of the molecule is C#C.C=C/C(CC)=C(/C)C(C)C.C=CC.C=CC(C)C.CC.CC.CCC.CCCC(C)F.CCCCC(CCC)CNC. The quantitative estimate of drug-likeness (QED) is 0.122. The van der Waals surface area contributed by atoms with Crippen molar-refractivity contribution in [2.45, 2.75) is 182 Å². The van der Waals surface area contributed by atoms with Gasteiger partial charge in [-0.25, -0.2) is 4.39 Å². The lowest BCUT2D eigenvalue weighted by Crippen LogP contribution is -2.18. The van der Waals surface area contributed by atoms with Gasteiger partial charge in [-0.3, -0.25) is 0 Å². The number of nitrogens with one attached hydrogen (secondary N) is 1. The highest BCUT2D eigenvalue weighted by Crippen LogP contribution is 2.17. The number of terminal acetylenes is 1. The Labute approximate surface area is 284 Å². The van der Waals surface area contributed by atoms with Gasteiger partial charge in [0, 0.05) is 0 Å². The van der Waals surface area contributed by atoms with Crippen LogP contribution in [0.2, 0.25) is 0 Å². The smallest absolute Gasteiger partial charge is 0.0973 e. The Kier molecular flexibility index (Phi) is 108. The number of allylic oxidation sites excluding steroid dienone is 5. The molecule has 0 saturated carbocycles. The monoisotopic (exact) mass is 628 g/mol.